The molecule has 1 N–H and O–H groups in total. The van der Waals surface area contributed by atoms with Crippen molar-refractivity contribution in [1.29, 1.82) is 0 Å². The summed E-state index contributed by atoms with van der Waals surface area (Å²) in [5.41, 5.74) is 1.01. The van der Waals surface area contributed by atoms with E-state index in [2.05, 4.69) is 4.98 Å². The maximum atomic E-state index is 13.0. The summed E-state index contributed by atoms with van der Waals surface area (Å²) < 4.78 is 25.8. The molecule has 0 aliphatic rings. The minimum Gasteiger partial charge on any atom is -0.388 e. The second-order valence-corrected chi connectivity index (χ2v) is 4.27. The zero-order valence-electron chi connectivity index (χ0n) is 9.28. The third-order valence-electron chi connectivity index (χ3n) is 2.60. The van der Waals surface area contributed by atoms with E-state index in [0.717, 1.165) is 12.1 Å². The lowest BCUT2D eigenvalue weighted by atomic mass is 10.0. The number of nitrogens with zero attached hydrogens (tertiary/aromatic N) is 1. The van der Waals surface area contributed by atoms with Crippen LogP contribution in [0.2, 0.25) is 5.02 Å². The number of aliphatic hydroxyl groups is 1. The van der Waals surface area contributed by atoms with Crippen molar-refractivity contribution < 1.29 is 13.9 Å². The van der Waals surface area contributed by atoms with Crippen molar-refractivity contribution in [1.82, 2.24) is 4.98 Å². The highest BCUT2D eigenvalue weighted by molar-refractivity contribution is 6.31. The fourth-order valence-corrected chi connectivity index (χ4v) is 1.81. The Bertz CT molecular complexity index is 562. The van der Waals surface area contributed by atoms with Gasteiger partial charge in [-0.3, -0.25) is 4.98 Å². The molecule has 0 aliphatic heterocycles. The molecule has 0 amide bonds. The van der Waals surface area contributed by atoms with Gasteiger partial charge in [0.05, 0.1) is 11.1 Å². The van der Waals surface area contributed by atoms with E-state index < -0.39 is 17.7 Å². The van der Waals surface area contributed by atoms with Crippen LogP contribution in [0.25, 0.3) is 0 Å². The van der Waals surface area contributed by atoms with Crippen LogP contribution in [-0.2, 0) is 6.42 Å². The Hall–Kier alpha value is -1.52. The average molecular weight is 270 g/mol. The van der Waals surface area contributed by atoms with Crippen molar-refractivity contribution in [2.24, 2.45) is 0 Å². The van der Waals surface area contributed by atoms with Crippen LogP contribution in [0.3, 0.4) is 0 Å². The minimum absolute atomic E-state index is 0.215. The van der Waals surface area contributed by atoms with Gasteiger partial charge in [0.25, 0.3) is 0 Å². The topological polar surface area (TPSA) is 33.1 Å². The monoisotopic (exact) mass is 269 g/mol. The summed E-state index contributed by atoms with van der Waals surface area (Å²) in [5, 5.41) is 10.4. The van der Waals surface area contributed by atoms with E-state index >= 15 is 0 Å². The number of hydrogen-bond acceptors (Lipinski definition) is 2. The molecule has 1 heterocycles. The first-order valence-electron chi connectivity index (χ1n) is 5.29. The van der Waals surface area contributed by atoms with Crippen molar-refractivity contribution in [2.75, 3.05) is 0 Å². The molecular weight excluding hydrogens is 260 g/mol. The summed E-state index contributed by atoms with van der Waals surface area (Å²) in [6, 6.07) is 4.99. The van der Waals surface area contributed by atoms with Crippen LogP contribution >= 0.6 is 11.6 Å². The second-order valence-electron chi connectivity index (χ2n) is 3.86. The van der Waals surface area contributed by atoms with E-state index in [1.54, 1.807) is 12.3 Å². The highest BCUT2D eigenvalue weighted by atomic mass is 35.5. The van der Waals surface area contributed by atoms with Crippen LogP contribution in [0.5, 0.6) is 0 Å². The summed E-state index contributed by atoms with van der Waals surface area (Å²) >= 11 is 5.90. The number of halogens is 3. The fourth-order valence-electron chi connectivity index (χ4n) is 1.62. The SMILES string of the molecule is OC(Cc1ccncc1Cl)c1ccc(F)c(F)c1. The Labute approximate surface area is 108 Å². The molecule has 0 bridgehead atoms. The lowest BCUT2D eigenvalue weighted by molar-refractivity contribution is 0.178. The van der Waals surface area contributed by atoms with Crippen molar-refractivity contribution >= 4 is 11.6 Å². The van der Waals surface area contributed by atoms with Gasteiger partial charge in [-0.05, 0) is 29.3 Å². The van der Waals surface area contributed by atoms with E-state index in [1.807, 2.05) is 0 Å². The molecule has 0 aliphatic carbocycles. The molecular formula is C13H10ClF2NO. The fraction of sp³-hybridized carbons (Fsp3) is 0.154. The van der Waals surface area contributed by atoms with Gasteiger partial charge in [-0.25, -0.2) is 8.78 Å². The third kappa shape index (κ3) is 2.83. The Balaban J connectivity index is 2.19. The molecule has 0 saturated heterocycles. The summed E-state index contributed by atoms with van der Waals surface area (Å²) in [4.78, 5) is 3.83. The smallest absolute Gasteiger partial charge is 0.159 e. The van der Waals surface area contributed by atoms with Gasteiger partial charge in [0, 0.05) is 18.8 Å². The van der Waals surface area contributed by atoms with Gasteiger partial charge in [0.1, 0.15) is 0 Å². The first-order valence-corrected chi connectivity index (χ1v) is 5.67. The molecule has 5 heteroatoms. The van der Waals surface area contributed by atoms with Crippen LogP contribution in [0, 0.1) is 11.6 Å². The normalized spacial score (nSPS) is 12.4. The number of hydrogen-bond donors (Lipinski definition) is 1. The molecule has 0 radical (unpaired) electrons. The zero-order chi connectivity index (χ0) is 13.1. The Morgan fingerprint density at radius 3 is 2.67 bits per heavy atom. The maximum absolute atomic E-state index is 13.0. The van der Waals surface area contributed by atoms with E-state index in [9.17, 15) is 13.9 Å². The van der Waals surface area contributed by atoms with E-state index in [1.165, 1.54) is 12.3 Å². The third-order valence-corrected chi connectivity index (χ3v) is 2.94. The van der Waals surface area contributed by atoms with Gasteiger partial charge < -0.3 is 5.11 Å². The van der Waals surface area contributed by atoms with Gasteiger partial charge in [0.15, 0.2) is 11.6 Å². The van der Waals surface area contributed by atoms with Gasteiger partial charge in [0.2, 0.25) is 0 Å². The summed E-state index contributed by atoms with van der Waals surface area (Å²) in [7, 11) is 0. The number of rotatable bonds is 3. The molecule has 1 atom stereocenters. The van der Waals surface area contributed by atoms with Crippen molar-refractivity contribution in [3.8, 4) is 0 Å². The lowest BCUT2D eigenvalue weighted by Crippen LogP contribution is -2.03. The van der Waals surface area contributed by atoms with Gasteiger partial charge >= 0.3 is 0 Å². The van der Waals surface area contributed by atoms with Gasteiger partial charge in [-0.15, -0.1) is 0 Å². The Morgan fingerprint density at radius 2 is 2.00 bits per heavy atom. The number of pyridine rings is 1. The number of aliphatic hydroxyl groups excluding tert-OH is 1. The predicted molar refractivity (Wildman–Crippen MR) is 64.3 cm³/mol. The molecule has 2 nitrogen and oxygen atoms in total. The second kappa shape index (κ2) is 5.42. The maximum Gasteiger partial charge on any atom is 0.159 e. The quantitative estimate of drug-likeness (QED) is 0.927. The summed E-state index contributed by atoms with van der Waals surface area (Å²) in [6.07, 6.45) is 2.29. The van der Waals surface area contributed by atoms with Crippen LogP contribution in [0.4, 0.5) is 8.78 Å². The summed E-state index contributed by atoms with van der Waals surface area (Å²) in [6.45, 7) is 0. The highest BCUT2D eigenvalue weighted by Crippen LogP contribution is 2.23. The minimum atomic E-state index is -0.979. The molecule has 0 fully saturated rings. The standard InChI is InChI=1S/C13H10ClF2NO/c14-10-7-17-4-3-8(10)6-13(18)9-1-2-11(15)12(16)5-9/h1-5,7,13,18H,6H2. The van der Waals surface area contributed by atoms with Crippen molar-refractivity contribution in [3.63, 3.8) is 0 Å². The molecule has 18 heavy (non-hydrogen) atoms. The van der Waals surface area contributed by atoms with E-state index in [4.69, 9.17) is 11.6 Å². The van der Waals surface area contributed by atoms with Crippen LogP contribution in [-0.4, -0.2) is 10.1 Å². The van der Waals surface area contributed by atoms with Gasteiger partial charge in [-0.2, -0.15) is 0 Å². The van der Waals surface area contributed by atoms with Crippen LogP contribution in [0.15, 0.2) is 36.7 Å². The molecule has 2 aromatic rings. The van der Waals surface area contributed by atoms with E-state index in [-0.39, 0.29) is 6.42 Å². The molecule has 1 aromatic heterocycles. The number of aromatic nitrogens is 1. The molecule has 0 saturated carbocycles. The average Bonchev–Trinajstić information content (AvgIpc) is 2.35. The number of benzene rings is 1. The lowest BCUT2D eigenvalue weighted by Gasteiger charge is -2.12. The Kier molecular flexibility index (Phi) is 3.89. The van der Waals surface area contributed by atoms with Crippen molar-refractivity contribution in [2.45, 2.75) is 12.5 Å². The van der Waals surface area contributed by atoms with Crippen LogP contribution in [0.1, 0.15) is 17.2 Å². The van der Waals surface area contributed by atoms with E-state index in [0.29, 0.717) is 16.1 Å². The molecule has 1 aromatic carbocycles. The Morgan fingerprint density at radius 1 is 1.22 bits per heavy atom. The molecule has 2 rings (SSSR count). The van der Waals surface area contributed by atoms with Crippen LogP contribution < -0.4 is 0 Å². The zero-order valence-corrected chi connectivity index (χ0v) is 10.0. The first-order chi connectivity index (χ1) is 8.58. The molecule has 0 spiro atoms. The molecule has 1 unspecified atom stereocenters. The summed E-state index contributed by atoms with van der Waals surface area (Å²) in [5.74, 6) is -1.92. The van der Waals surface area contributed by atoms with Crippen molar-refractivity contribution in [3.05, 3.63) is 64.4 Å². The predicted octanol–water partition coefficient (Wildman–Crippen LogP) is 3.29. The van der Waals surface area contributed by atoms with Gasteiger partial charge in [-0.1, -0.05) is 17.7 Å². The molecule has 94 valence electrons. The largest absolute Gasteiger partial charge is 0.388 e. The highest BCUT2D eigenvalue weighted by Gasteiger charge is 2.13. The first kappa shape index (κ1) is 12.9.